The lowest BCUT2D eigenvalue weighted by Crippen LogP contribution is -2.55. The van der Waals surface area contributed by atoms with Gasteiger partial charge in [-0.3, -0.25) is 4.90 Å². The zero-order chi connectivity index (χ0) is 9.80. The van der Waals surface area contributed by atoms with Crippen molar-refractivity contribution in [3.8, 4) is 0 Å². The topological polar surface area (TPSA) is 33.7 Å². The fourth-order valence-electron chi connectivity index (χ4n) is 2.36. The summed E-state index contributed by atoms with van der Waals surface area (Å²) in [6.45, 7) is 6.14. The molecule has 0 aliphatic carbocycles. The van der Waals surface area contributed by atoms with E-state index in [1.807, 2.05) is 0 Å². The van der Waals surface area contributed by atoms with E-state index in [9.17, 15) is 0 Å². The van der Waals surface area contributed by atoms with Crippen molar-refractivity contribution in [2.24, 2.45) is 0 Å². The minimum absolute atomic E-state index is 0.266. The van der Waals surface area contributed by atoms with Crippen molar-refractivity contribution < 1.29 is 9.47 Å². The fourth-order valence-corrected chi connectivity index (χ4v) is 2.36. The average molecular weight is 200 g/mol. The number of nitrogens with zero attached hydrogens (tertiary/aromatic N) is 1. The van der Waals surface area contributed by atoms with Crippen LogP contribution in [0.5, 0.6) is 0 Å². The van der Waals surface area contributed by atoms with Gasteiger partial charge >= 0.3 is 0 Å². The first-order valence-corrected chi connectivity index (χ1v) is 5.47. The van der Waals surface area contributed by atoms with Gasteiger partial charge in [0.05, 0.1) is 12.7 Å². The number of hydrogen-bond donors (Lipinski definition) is 1. The van der Waals surface area contributed by atoms with Crippen LogP contribution in [0, 0.1) is 0 Å². The number of ether oxygens (including phenoxy) is 2. The van der Waals surface area contributed by atoms with Crippen molar-refractivity contribution in [2.45, 2.75) is 18.6 Å². The van der Waals surface area contributed by atoms with E-state index in [0.717, 1.165) is 45.8 Å². The molecule has 0 spiro atoms. The number of piperazine rings is 1. The first-order chi connectivity index (χ1) is 6.92. The molecule has 2 fully saturated rings. The molecule has 2 aliphatic heterocycles. The standard InChI is InChI=1S/C10H20N2O2/c1-13-10-8-14-7-2-9(10)12-5-3-11-4-6-12/h9-11H,2-8H2,1H3/t9-,10+/m1/s1. The third kappa shape index (κ3) is 2.25. The fraction of sp³-hybridized carbons (Fsp3) is 1.00. The molecule has 2 heterocycles. The zero-order valence-corrected chi connectivity index (χ0v) is 8.87. The Hall–Kier alpha value is -0.160. The molecule has 0 aromatic rings. The Bertz CT molecular complexity index is 172. The molecule has 0 saturated carbocycles. The summed E-state index contributed by atoms with van der Waals surface area (Å²) in [4.78, 5) is 2.53. The van der Waals surface area contributed by atoms with Gasteiger partial charge in [0.2, 0.25) is 0 Å². The summed E-state index contributed by atoms with van der Waals surface area (Å²) in [5, 5.41) is 3.37. The largest absolute Gasteiger partial charge is 0.379 e. The maximum absolute atomic E-state index is 5.47. The second-order valence-electron chi connectivity index (χ2n) is 3.99. The minimum atomic E-state index is 0.266. The highest BCUT2D eigenvalue weighted by atomic mass is 16.5. The normalized spacial score (nSPS) is 35.8. The number of rotatable bonds is 2. The maximum Gasteiger partial charge on any atom is 0.0960 e. The van der Waals surface area contributed by atoms with Crippen LogP contribution in [0.15, 0.2) is 0 Å². The predicted molar refractivity (Wildman–Crippen MR) is 54.5 cm³/mol. The lowest BCUT2D eigenvalue weighted by Gasteiger charge is -2.40. The van der Waals surface area contributed by atoms with Gasteiger partial charge < -0.3 is 14.8 Å². The van der Waals surface area contributed by atoms with Gasteiger partial charge in [0.25, 0.3) is 0 Å². The van der Waals surface area contributed by atoms with E-state index in [1.165, 1.54) is 0 Å². The highest BCUT2D eigenvalue weighted by Crippen LogP contribution is 2.17. The molecule has 4 nitrogen and oxygen atoms in total. The van der Waals surface area contributed by atoms with Crippen LogP contribution in [-0.4, -0.2) is 63.5 Å². The van der Waals surface area contributed by atoms with E-state index in [-0.39, 0.29) is 6.10 Å². The number of hydrogen-bond acceptors (Lipinski definition) is 4. The average Bonchev–Trinajstić information content (AvgIpc) is 2.30. The van der Waals surface area contributed by atoms with Gasteiger partial charge in [0, 0.05) is 45.9 Å². The number of nitrogens with one attached hydrogen (secondary N) is 1. The van der Waals surface area contributed by atoms with Gasteiger partial charge in [-0.05, 0) is 6.42 Å². The summed E-state index contributed by atoms with van der Waals surface area (Å²) in [7, 11) is 1.79. The first-order valence-electron chi connectivity index (χ1n) is 5.47. The van der Waals surface area contributed by atoms with Crippen LogP contribution < -0.4 is 5.32 Å². The molecule has 1 N–H and O–H groups in total. The second kappa shape index (κ2) is 5.07. The summed E-state index contributed by atoms with van der Waals surface area (Å²) >= 11 is 0. The van der Waals surface area contributed by atoms with E-state index >= 15 is 0 Å². The minimum Gasteiger partial charge on any atom is -0.379 e. The van der Waals surface area contributed by atoms with Crippen LogP contribution in [0.1, 0.15) is 6.42 Å². The molecule has 14 heavy (non-hydrogen) atoms. The third-order valence-electron chi connectivity index (χ3n) is 3.19. The highest BCUT2D eigenvalue weighted by Gasteiger charge is 2.31. The molecule has 2 rings (SSSR count). The molecule has 4 heteroatoms. The molecule has 0 aromatic heterocycles. The summed E-state index contributed by atoms with van der Waals surface area (Å²) in [6.07, 6.45) is 1.38. The van der Waals surface area contributed by atoms with Crippen LogP contribution in [0.3, 0.4) is 0 Å². The Morgan fingerprint density at radius 2 is 2.14 bits per heavy atom. The van der Waals surface area contributed by atoms with Crippen molar-refractivity contribution in [3.63, 3.8) is 0 Å². The number of methoxy groups -OCH3 is 1. The lowest BCUT2D eigenvalue weighted by atomic mass is 10.0. The van der Waals surface area contributed by atoms with Crippen LogP contribution in [-0.2, 0) is 9.47 Å². The lowest BCUT2D eigenvalue weighted by molar-refractivity contribution is -0.0846. The van der Waals surface area contributed by atoms with Gasteiger partial charge in [-0.25, -0.2) is 0 Å². The molecule has 2 saturated heterocycles. The molecule has 0 radical (unpaired) electrons. The van der Waals surface area contributed by atoms with Crippen molar-refractivity contribution in [3.05, 3.63) is 0 Å². The van der Waals surface area contributed by atoms with Crippen molar-refractivity contribution in [1.29, 1.82) is 0 Å². The van der Waals surface area contributed by atoms with Crippen LogP contribution >= 0.6 is 0 Å². The molecular weight excluding hydrogens is 180 g/mol. The summed E-state index contributed by atoms with van der Waals surface area (Å²) in [5.74, 6) is 0. The SMILES string of the molecule is CO[C@H]1COCC[C@H]1N1CCNCC1. The van der Waals surface area contributed by atoms with Crippen LogP contribution in [0.2, 0.25) is 0 Å². The van der Waals surface area contributed by atoms with Gasteiger partial charge in [-0.15, -0.1) is 0 Å². The molecular formula is C10H20N2O2. The Balaban J connectivity index is 1.91. The molecule has 82 valence electrons. The summed E-state index contributed by atoms with van der Waals surface area (Å²) < 4.78 is 10.9. The zero-order valence-electron chi connectivity index (χ0n) is 8.87. The smallest absolute Gasteiger partial charge is 0.0960 e. The molecule has 0 bridgehead atoms. The second-order valence-corrected chi connectivity index (χ2v) is 3.99. The van der Waals surface area contributed by atoms with Gasteiger partial charge in [-0.1, -0.05) is 0 Å². The molecule has 0 aromatic carbocycles. The van der Waals surface area contributed by atoms with Gasteiger partial charge in [0.1, 0.15) is 0 Å². The van der Waals surface area contributed by atoms with E-state index in [2.05, 4.69) is 10.2 Å². The molecule has 0 unspecified atom stereocenters. The monoisotopic (exact) mass is 200 g/mol. The predicted octanol–water partition coefficient (Wildman–Crippen LogP) is -0.304. The molecule has 2 atom stereocenters. The Morgan fingerprint density at radius 1 is 1.36 bits per heavy atom. The van der Waals surface area contributed by atoms with Gasteiger partial charge in [-0.2, -0.15) is 0 Å². The maximum atomic E-state index is 5.47. The van der Waals surface area contributed by atoms with Crippen molar-refractivity contribution >= 4 is 0 Å². The summed E-state index contributed by atoms with van der Waals surface area (Å²) in [6, 6.07) is 0.566. The van der Waals surface area contributed by atoms with Crippen LogP contribution in [0.25, 0.3) is 0 Å². The van der Waals surface area contributed by atoms with E-state index in [1.54, 1.807) is 7.11 Å². The van der Waals surface area contributed by atoms with Crippen LogP contribution in [0.4, 0.5) is 0 Å². The van der Waals surface area contributed by atoms with E-state index in [0.29, 0.717) is 6.04 Å². The Kier molecular flexibility index (Phi) is 3.75. The van der Waals surface area contributed by atoms with Crippen molar-refractivity contribution in [1.82, 2.24) is 10.2 Å². The summed E-state index contributed by atoms with van der Waals surface area (Å²) in [5.41, 5.74) is 0. The Morgan fingerprint density at radius 3 is 2.86 bits per heavy atom. The van der Waals surface area contributed by atoms with Gasteiger partial charge in [0.15, 0.2) is 0 Å². The molecule has 2 aliphatic rings. The first kappa shape index (κ1) is 10.4. The van der Waals surface area contributed by atoms with Crippen molar-refractivity contribution in [2.75, 3.05) is 46.5 Å². The molecule has 0 amide bonds. The van der Waals surface area contributed by atoms with E-state index < -0.39 is 0 Å². The third-order valence-corrected chi connectivity index (χ3v) is 3.19. The highest BCUT2D eigenvalue weighted by molar-refractivity contribution is 4.85. The quantitative estimate of drug-likeness (QED) is 0.663. The Labute approximate surface area is 85.5 Å². The van der Waals surface area contributed by atoms with E-state index in [4.69, 9.17) is 9.47 Å².